The molecule has 0 spiro atoms. The Labute approximate surface area is 299 Å². The summed E-state index contributed by atoms with van der Waals surface area (Å²) in [6, 6.07) is 32.0. The van der Waals surface area contributed by atoms with Crippen LogP contribution in [0.3, 0.4) is 0 Å². The molecule has 1 aromatic heterocycles. The van der Waals surface area contributed by atoms with Gasteiger partial charge in [-0.25, -0.2) is 0 Å². The molecular formula is C48H30O. The van der Waals surface area contributed by atoms with Gasteiger partial charge in [-0.3, -0.25) is 0 Å². The average Bonchev–Trinajstić information content (AvgIpc) is 3.67. The summed E-state index contributed by atoms with van der Waals surface area (Å²) in [5.41, 5.74) is 3.54. The van der Waals surface area contributed by atoms with Crippen LogP contribution in [0, 0.1) is 0 Å². The predicted octanol–water partition coefficient (Wildman–Crippen LogP) is 13.7. The average molecular weight is 634 g/mol. The van der Waals surface area contributed by atoms with Crippen molar-refractivity contribution >= 4 is 54.3 Å². The largest absolute Gasteiger partial charge is 0.456 e. The van der Waals surface area contributed by atoms with Crippen LogP contribution in [0.1, 0.15) is 15.1 Å². The second kappa shape index (κ2) is 11.1. The van der Waals surface area contributed by atoms with E-state index >= 15 is 0 Å². The van der Waals surface area contributed by atoms with Gasteiger partial charge in [-0.1, -0.05) is 151 Å². The van der Waals surface area contributed by atoms with Gasteiger partial charge < -0.3 is 4.42 Å². The van der Waals surface area contributed by atoms with Gasteiger partial charge in [0.15, 0.2) is 0 Å². The van der Waals surface area contributed by atoms with E-state index in [9.17, 15) is 4.11 Å². The maximum Gasteiger partial charge on any atom is 0.136 e. The summed E-state index contributed by atoms with van der Waals surface area (Å²) < 4.78 is 105. The van der Waals surface area contributed by atoms with Gasteiger partial charge in [-0.2, -0.15) is 0 Å². The Morgan fingerprint density at radius 1 is 0.388 bits per heavy atom. The van der Waals surface area contributed by atoms with Gasteiger partial charge in [0.25, 0.3) is 0 Å². The van der Waals surface area contributed by atoms with E-state index in [0.29, 0.717) is 38.4 Å². The Morgan fingerprint density at radius 3 is 1.78 bits per heavy atom. The van der Waals surface area contributed by atoms with Crippen LogP contribution in [0.5, 0.6) is 0 Å². The van der Waals surface area contributed by atoms with Gasteiger partial charge in [0, 0.05) is 10.8 Å². The van der Waals surface area contributed by atoms with Crippen molar-refractivity contribution in [2.24, 2.45) is 0 Å². The molecule has 228 valence electrons. The highest BCUT2D eigenvalue weighted by atomic mass is 16.3. The molecule has 49 heavy (non-hydrogen) atoms. The van der Waals surface area contributed by atoms with Crippen LogP contribution in [0.25, 0.3) is 98.8 Å². The third-order valence-electron chi connectivity index (χ3n) is 9.24. The fourth-order valence-corrected chi connectivity index (χ4v) is 7.14. The van der Waals surface area contributed by atoms with Gasteiger partial charge in [0.05, 0.1) is 15.1 Å². The maximum atomic E-state index is 9.51. The minimum atomic E-state index is -0.476. The first-order chi connectivity index (χ1) is 28.9. The molecule has 0 N–H and O–H groups in total. The summed E-state index contributed by atoms with van der Waals surface area (Å²) >= 11 is 0. The molecule has 9 aromatic carbocycles. The lowest BCUT2D eigenvalue weighted by Gasteiger charge is -2.19. The highest BCUT2D eigenvalue weighted by molar-refractivity contribution is 6.26. The molecule has 0 bridgehead atoms. The first kappa shape index (κ1) is 18.8. The summed E-state index contributed by atoms with van der Waals surface area (Å²) in [6.07, 6.45) is 0. The first-order valence-corrected chi connectivity index (χ1v) is 16.0. The Morgan fingerprint density at radius 2 is 1.04 bits per heavy atom. The lowest BCUT2D eigenvalue weighted by molar-refractivity contribution is 0.669. The Hall–Kier alpha value is -6.44. The van der Waals surface area contributed by atoms with Crippen molar-refractivity contribution in [1.29, 1.82) is 0 Å². The van der Waals surface area contributed by atoms with Crippen molar-refractivity contribution in [1.82, 2.24) is 0 Å². The van der Waals surface area contributed by atoms with Crippen molar-refractivity contribution < 1.29 is 19.5 Å². The monoisotopic (exact) mass is 633 g/mol. The molecule has 0 saturated carbocycles. The molecule has 0 saturated heterocycles. The van der Waals surface area contributed by atoms with Gasteiger partial charge in [-0.05, 0) is 107 Å². The molecule has 0 amide bonds. The van der Waals surface area contributed by atoms with Gasteiger partial charge >= 0.3 is 0 Å². The lowest BCUT2D eigenvalue weighted by Crippen LogP contribution is -1.92. The van der Waals surface area contributed by atoms with Crippen LogP contribution in [-0.4, -0.2) is 0 Å². The van der Waals surface area contributed by atoms with Crippen LogP contribution in [0.15, 0.2) is 186 Å². The van der Waals surface area contributed by atoms with Crippen LogP contribution in [0.4, 0.5) is 0 Å². The third kappa shape index (κ3) is 4.40. The van der Waals surface area contributed by atoms with Crippen LogP contribution in [-0.2, 0) is 0 Å². The SMILES string of the molecule is [2H]c1c([2H])c([2H])c(-c2cc(-c3c4ccccc4c(-c4c([2H])c([2H])c([2H])c5oc6c([2H])c(-c7ccccc7)c([2H])c([2H])c6c45)c4ccccc34)cc3ccccc23)c([2H])c1[2H]. The lowest BCUT2D eigenvalue weighted by atomic mass is 9.83. The summed E-state index contributed by atoms with van der Waals surface area (Å²) in [7, 11) is 0. The zero-order valence-electron chi connectivity index (χ0n) is 36.9. The minimum Gasteiger partial charge on any atom is -0.456 e. The zero-order valence-corrected chi connectivity index (χ0v) is 25.9. The number of furan rings is 1. The first-order valence-electron chi connectivity index (χ1n) is 21.5. The molecule has 0 unspecified atom stereocenters. The quantitative estimate of drug-likeness (QED) is 0.176. The second-order valence-corrected chi connectivity index (χ2v) is 12.0. The van der Waals surface area contributed by atoms with E-state index in [1.54, 1.807) is 24.3 Å². The number of rotatable bonds is 4. The Kier molecular flexibility index (Phi) is 4.25. The van der Waals surface area contributed by atoms with Gasteiger partial charge in [0.1, 0.15) is 11.2 Å². The van der Waals surface area contributed by atoms with E-state index in [0.717, 1.165) is 21.7 Å². The fourth-order valence-electron chi connectivity index (χ4n) is 7.14. The van der Waals surface area contributed by atoms with Gasteiger partial charge in [-0.15, -0.1) is 0 Å². The summed E-state index contributed by atoms with van der Waals surface area (Å²) in [4.78, 5) is 0. The highest BCUT2D eigenvalue weighted by Crippen LogP contribution is 2.48. The zero-order chi connectivity index (χ0) is 41.9. The minimum absolute atomic E-state index is 0.00817. The topological polar surface area (TPSA) is 13.1 Å². The summed E-state index contributed by atoms with van der Waals surface area (Å²) in [6.45, 7) is 0. The third-order valence-corrected chi connectivity index (χ3v) is 9.24. The van der Waals surface area contributed by atoms with Crippen molar-refractivity contribution in [3.63, 3.8) is 0 Å². The molecule has 10 rings (SSSR count). The smallest absolute Gasteiger partial charge is 0.136 e. The number of hydrogen-bond donors (Lipinski definition) is 0. The van der Waals surface area contributed by atoms with Crippen LogP contribution in [0.2, 0.25) is 0 Å². The van der Waals surface area contributed by atoms with E-state index in [2.05, 4.69) is 0 Å². The van der Waals surface area contributed by atoms with E-state index in [1.165, 1.54) is 0 Å². The van der Waals surface area contributed by atoms with E-state index in [4.69, 9.17) is 15.4 Å². The number of hydrogen-bond acceptors (Lipinski definition) is 1. The van der Waals surface area contributed by atoms with Crippen molar-refractivity contribution in [2.75, 3.05) is 0 Å². The number of fused-ring (bicyclic) bond motifs is 6. The molecule has 0 radical (unpaired) electrons. The highest BCUT2D eigenvalue weighted by Gasteiger charge is 2.21. The maximum absolute atomic E-state index is 9.51. The molecule has 1 heterocycles. The molecule has 0 fully saturated rings. The molecule has 0 aliphatic carbocycles. The molecule has 0 aliphatic rings. The van der Waals surface area contributed by atoms with Crippen molar-refractivity contribution in [2.45, 2.75) is 0 Å². The van der Waals surface area contributed by atoms with E-state index in [1.807, 2.05) is 91.0 Å². The normalized spacial score (nSPS) is 14.8. The van der Waals surface area contributed by atoms with Crippen LogP contribution >= 0.6 is 0 Å². The summed E-state index contributed by atoms with van der Waals surface area (Å²) in [5, 5.41) is 4.66. The van der Waals surface area contributed by atoms with Gasteiger partial charge in [0.2, 0.25) is 0 Å². The molecule has 10 aromatic rings. The predicted molar refractivity (Wildman–Crippen MR) is 208 cm³/mol. The molecule has 0 aliphatic heterocycles. The van der Waals surface area contributed by atoms with E-state index in [-0.39, 0.29) is 87.0 Å². The second-order valence-electron chi connectivity index (χ2n) is 12.0. The molecule has 1 nitrogen and oxygen atoms in total. The van der Waals surface area contributed by atoms with Crippen molar-refractivity contribution in [3.05, 3.63) is 182 Å². The molecule has 0 atom stereocenters. The standard InChI is InChI=1S/C48H30O/c1-3-14-31(15-4-1)33-26-27-41-45(30-33)49-44-25-13-24-42(48(41)44)47-39-22-11-9-20-37(39)46(38-21-10-12-23-40(38)47)35-28-34-18-7-8-19-36(34)43(29-35)32-16-5-2-6-17-32/h1-30H/i2D,5D,6D,13D,16D,17D,24D,25D,26D,27D,30D. The Balaban J connectivity index is 1.35. The summed E-state index contributed by atoms with van der Waals surface area (Å²) in [5.74, 6) is 0. The fraction of sp³-hybridized carbons (Fsp3) is 0. The Bertz CT molecular complexity index is 3420. The van der Waals surface area contributed by atoms with Crippen molar-refractivity contribution in [3.8, 4) is 44.5 Å². The van der Waals surface area contributed by atoms with E-state index < -0.39 is 18.1 Å². The number of benzene rings is 9. The molecular weight excluding hydrogens is 593 g/mol. The molecule has 1 heteroatoms. The van der Waals surface area contributed by atoms with Crippen LogP contribution < -0.4 is 0 Å².